The zero-order valence-electron chi connectivity index (χ0n) is 10.4. The fourth-order valence-electron chi connectivity index (χ4n) is 2.98. The average molecular weight is 258 g/mol. The second-order valence-corrected chi connectivity index (χ2v) is 5.81. The van der Waals surface area contributed by atoms with Crippen LogP contribution in [0.3, 0.4) is 0 Å². The van der Waals surface area contributed by atoms with E-state index in [-0.39, 0.29) is 12.3 Å². The van der Waals surface area contributed by atoms with E-state index in [2.05, 4.69) is 37.4 Å². The van der Waals surface area contributed by atoms with Crippen LogP contribution >= 0.6 is 11.3 Å². The lowest BCUT2D eigenvalue weighted by atomic mass is 9.90. The predicted molar refractivity (Wildman–Crippen MR) is 73.3 cm³/mol. The van der Waals surface area contributed by atoms with Gasteiger partial charge >= 0.3 is 5.97 Å². The van der Waals surface area contributed by atoms with Crippen molar-refractivity contribution in [1.29, 1.82) is 0 Å². The molecule has 2 nitrogen and oxygen atoms in total. The number of fused-ring (bicyclic) bond motifs is 3. The number of hydrogen-bond acceptors (Lipinski definition) is 2. The number of carboxylic acid groups (broad SMARTS) is 1. The molecular weight excluding hydrogens is 244 g/mol. The van der Waals surface area contributed by atoms with Gasteiger partial charge < -0.3 is 5.11 Å². The first kappa shape index (κ1) is 11.5. The highest BCUT2D eigenvalue weighted by molar-refractivity contribution is 7.13. The molecule has 1 N–H and O–H groups in total. The largest absolute Gasteiger partial charge is 0.481 e. The summed E-state index contributed by atoms with van der Waals surface area (Å²) in [4.78, 5) is 12.3. The molecule has 0 saturated carbocycles. The third-order valence-corrected chi connectivity index (χ3v) is 4.54. The van der Waals surface area contributed by atoms with E-state index < -0.39 is 5.97 Å². The van der Waals surface area contributed by atoms with Gasteiger partial charge in [-0.15, -0.1) is 11.3 Å². The molecule has 0 bridgehead atoms. The van der Waals surface area contributed by atoms with Crippen molar-refractivity contribution in [2.75, 3.05) is 0 Å². The summed E-state index contributed by atoms with van der Waals surface area (Å²) in [6, 6.07) is 6.39. The monoisotopic (exact) mass is 258 g/mol. The molecular formula is C15H14O2S. The van der Waals surface area contributed by atoms with Crippen LogP contribution in [-0.2, 0) is 4.79 Å². The van der Waals surface area contributed by atoms with E-state index in [1.54, 1.807) is 11.3 Å². The molecule has 1 unspecified atom stereocenters. The minimum atomic E-state index is -0.732. The SMILES string of the molecule is Cc1cc(C)c2c(c1)-c1sccc1C2CC(=O)O. The van der Waals surface area contributed by atoms with Crippen LogP contribution in [0.1, 0.15) is 34.6 Å². The summed E-state index contributed by atoms with van der Waals surface area (Å²) in [5.41, 5.74) is 6.08. The standard InChI is InChI=1S/C15H14O2S/c1-8-5-9(2)14-11(7-13(16)17)10-3-4-18-15(10)12(14)6-8/h3-6,11H,7H2,1-2H3,(H,16,17). The molecule has 2 aromatic rings. The number of rotatable bonds is 2. The highest BCUT2D eigenvalue weighted by Crippen LogP contribution is 2.50. The summed E-state index contributed by atoms with van der Waals surface area (Å²) in [6.45, 7) is 4.17. The van der Waals surface area contributed by atoms with Gasteiger partial charge in [0.15, 0.2) is 0 Å². The van der Waals surface area contributed by atoms with Gasteiger partial charge in [-0.05, 0) is 47.5 Å². The number of carbonyl (C=O) groups is 1. The van der Waals surface area contributed by atoms with Crippen molar-refractivity contribution in [2.24, 2.45) is 0 Å². The Kier molecular flexibility index (Phi) is 2.52. The highest BCUT2D eigenvalue weighted by Gasteiger charge is 2.32. The third kappa shape index (κ3) is 1.58. The van der Waals surface area contributed by atoms with Crippen LogP contribution in [0.5, 0.6) is 0 Å². The van der Waals surface area contributed by atoms with Crippen LogP contribution in [-0.4, -0.2) is 11.1 Å². The van der Waals surface area contributed by atoms with E-state index in [1.165, 1.54) is 32.7 Å². The molecule has 1 heterocycles. The topological polar surface area (TPSA) is 37.3 Å². The molecule has 0 spiro atoms. The molecule has 92 valence electrons. The highest BCUT2D eigenvalue weighted by atomic mass is 32.1. The fourth-order valence-corrected chi connectivity index (χ4v) is 3.98. The lowest BCUT2D eigenvalue weighted by molar-refractivity contribution is -0.137. The van der Waals surface area contributed by atoms with Crippen LogP contribution in [0, 0.1) is 13.8 Å². The summed E-state index contributed by atoms with van der Waals surface area (Å²) in [7, 11) is 0. The number of thiophene rings is 1. The first-order valence-electron chi connectivity index (χ1n) is 5.98. The minimum Gasteiger partial charge on any atom is -0.481 e. The van der Waals surface area contributed by atoms with Crippen LogP contribution in [0.4, 0.5) is 0 Å². The van der Waals surface area contributed by atoms with E-state index in [0.29, 0.717) is 0 Å². The zero-order valence-corrected chi connectivity index (χ0v) is 11.2. The van der Waals surface area contributed by atoms with Crippen molar-refractivity contribution in [3.05, 3.63) is 45.8 Å². The van der Waals surface area contributed by atoms with Crippen LogP contribution in [0.2, 0.25) is 0 Å². The Hall–Kier alpha value is -1.61. The second kappa shape index (κ2) is 3.95. The smallest absolute Gasteiger partial charge is 0.304 e. The van der Waals surface area contributed by atoms with E-state index in [0.717, 1.165) is 0 Å². The minimum absolute atomic E-state index is 0.0272. The second-order valence-electron chi connectivity index (χ2n) is 4.90. The van der Waals surface area contributed by atoms with Crippen molar-refractivity contribution < 1.29 is 9.90 Å². The molecule has 3 rings (SSSR count). The summed E-state index contributed by atoms with van der Waals surface area (Å²) in [5.74, 6) is -0.704. The Bertz CT molecular complexity index is 640. The van der Waals surface area contributed by atoms with E-state index >= 15 is 0 Å². The van der Waals surface area contributed by atoms with Crippen LogP contribution < -0.4 is 0 Å². The van der Waals surface area contributed by atoms with Gasteiger partial charge in [-0.3, -0.25) is 4.79 Å². The van der Waals surface area contributed by atoms with Crippen molar-refractivity contribution in [3.8, 4) is 10.4 Å². The lowest BCUT2D eigenvalue weighted by Gasteiger charge is -2.13. The number of aliphatic carboxylic acids is 1. The molecule has 0 aliphatic heterocycles. The van der Waals surface area contributed by atoms with Gasteiger partial charge in [0.05, 0.1) is 6.42 Å². The number of aryl methyl sites for hydroxylation is 2. The van der Waals surface area contributed by atoms with Crippen molar-refractivity contribution in [2.45, 2.75) is 26.2 Å². The van der Waals surface area contributed by atoms with Gasteiger partial charge in [0.25, 0.3) is 0 Å². The van der Waals surface area contributed by atoms with Crippen molar-refractivity contribution in [3.63, 3.8) is 0 Å². The van der Waals surface area contributed by atoms with Crippen molar-refractivity contribution >= 4 is 17.3 Å². The summed E-state index contributed by atoms with van der Waals surface area (Å²) >= 11 is 1.71. The first-order chi connectivity index (χ1) is 8.58. The number of hydrogen-bond donors (Lipinski definition) is 1. The Morgan fingerprint density at radius 3 is 2.89 bits per heavy atom. The van der Waals surface area contributed by atoms with Gasteiger partial charge in [-0.1, -0.05) is 17.7 Å². The van der Waals surface area contributed by atoms with E-state index in [1.807, 2.05) is 0 Å². The van der Waals surface area contributed by atoms with E-state index in [4.69, 9.17) is 5.11 Å². The quantitative estimate of drug-likeness (QED) is 0.885. The first-order valence-corrected chi connectivity index (χ1v) is 6.86. The molecule has 1 aliphatic carbocycles. The van der Waals surface area contributed by atoms with Crippen LogP contribution in [0.15, 0.2) is 23.6 Å². The average Bonchev–Trinajstić information content (AvgIpc) is 2.81. The third-order valence-electron chi connectivity index (χ3n) is 3.57. The Morgan fingerprint density at radius 1 is 1.39 bits per heavy atom. The Morgan fingerprint density at radius 2 is 2.17 bits per heavy atom. The molecule has 1 atom stereocenters. The van der Waals surface area contributed by atoms with Gasteiger partial charge in [0, 0.05) is 10.8 Å². The number of carboxylic acids is 1. The number of benzene rings is 1. The predicted octanol–water partition coefficient (Wildman–Crippen LogP) is 3.95. The fraction of sp³-hybridized carbons (Fsp3) is 0.267. The molecule has 0 saturated heterocycles. The summed E-state index contributed by atoms with van der Waals surface area (Å²) in [5, 5.41) is 11.2. The van der Waals surface area contributed by atoms with Crippen molar-refractivity contribution in [1.82, 2.24) is 0 Å². The van der Waals surface area contributed by atoms with Gasteiger partial charge in [-0.2, -0.15) is 0 Å². The molecule has 1 aromatic heterocycles. The summed E-state index contributed by atoms with van der Waals surface area (Å²) < 4.78 is 0. The molecule has 0 fully saturated rings. The maximum atomic E-state index is 11.1. The maximum Gasteiger partial charge on any atom is 0.304 e. The summed E-state index contributed by atoms with van der Waals surface area (Å²) in [6.07, 6.45) is 0.181. The van der Waals surface area contributed by atoms with E-state index in [9.17, 15) is 4.79 Å². The molecule has 0 radical (unpaired) electrons. The van der Waals surface area contributed by atoms with Crippen LogP contribution in [0.25, 0.3) is 10.4 Å². The normalized spacial score (nSPS) is 16.4. The maximum absolute atomic E-state index is 11.1. The molecule has 18 heavy (non-hydrogen) atoms. The Balaban J connectivity index is 2.24. The Labute approximate surface area is 110 Å². The zero-order chi connectivity index (χ0) is 12.9. The molecule has 0 amide bonds. The molecule has 3 heteroatoms. The molecule has 1 aromatic carbocycles. The van der Waals surface area contributed by atoms with Gasteiger partial charge in [0.2, 0.25) is 0 Å². The van der Waals surface area contributed by atoms with Gasteiger partial charge in [-0.25, -0.2) is 0 Å². The van der Waals surface area contributed by atoms with Gasteiger partial charge in [0.1, 0.15) is 0 Å². The molecule has 1 aliphatic rings. The lowest BCUT2D eigenvalue weighted by Crippen LogP contribution is -2.06.